The van der Waals surface area contributed by atoms with Crippen molar-refractivity contribution in [2.45, 2.75) is 26.9 Å². The van der Waals surface area contributed by atoms with E-state index in [1.165, 1.54) is 11.8 Å². The van der Waals surface area contributed by atoms with Gasteiger partial charge in [0.15, 0.2) is 5.69 Å². The number of aryl methyl sites for hydroxylation is 2. The Morgan fingerprint density at radius 2 is 2.21 bits per heavy atom. The minimum Gasteiger partial charge on any atom is -0.447 e. The van der Waals surface area contributed by atoms with E-state index in [2.05, 4.69) is 21.5 Å². The molecule has 0 aliphatic rings. The smallest absolute Gasteiger partial charge is 0.278 e. The molecule has 0 saturated heterocycles. The highest BCUT2D eigenvalue weighted by molar-refractivity contribution is 6.02. The number of nitrogens with zero attached hydrogens (tertiary/aromatic N) is 3. The summed E-state index contributed by atoms with van der Waals surface area (Å²) in [5.41, 5.74) is 8.80. The number of carbonyl (C=O) groups is 1. The lowest BCUT2D eigenvalue weighted by Gasteiger charge is -2.10. The number of benzene rings is 1. The van der Waals surface area contributed by atoms with Crippen LogP contribution in [0.15, 0.2) is 41.1 Å². The Labute approximate surface area is 139 Å². The maximum absolute atomic E-state index is 12.3. The average Bonchev–Trinajstić information content (AvgIpc) is 3.17. The third kappa shape index (κ3) is 3.36. The van der Waals surface area contributed by atoms with Gasteiger partial charge in [-0.2, -0.15) is 5.10 Å². The summed E-state index contributed by atoms with van der Waals surface area (Å²) in [6, 6.07) is 8.16. The summed E-state index contributed by atoms with van der Waals surface area (Å²) >= 11 is 0. The standard InChI is InChI=1S/C17H19N5O2/c1-11-4-3-5-13(6-11)9-22-16(12(2)8-19-22)21-17(23)14-10-24-15(7-18)20-14/h3-6,8,10H,7,9,18H2,1-2H3,(H,21,23). The zero-order chi connectivity index (χ0) is 17.1. The number of nitrogens with two attached hydrogens (primary N) is 1. The van der Waals surface area contributed by atoms with Crippen LogP contribution in [-0.2, 0) is 13.1 Å². The maximum atomic E-state index is 12.3. The normalized spacial score (nSPS) is 10.8. The van der Waals surface area contributed by atoms with Crippen molar-refractivity contribution in [2.75, 3.05) is 5.32 Å². The number of anilines is 1. The van der Waals surface area contributed by atoms with Crippen LogP contribution < -0.4 is 11.1 Å². The molecule has 1 amide bonds. The number of nitrogens with one attached hydrogen (secondary N) is 1. The van der Waals surface area contributed by atoms with E-state index in [0.29, 0.717) is 18.3 Å². The SMILES string of the molecule is Cc1cccc(Cn2ncc(C)c2NC(=O)c2coc(CN)n2)c1. The Kier molecular flexibility index (Phi) is 4.43. The quantitative estimate of drug-likeness (QED) is 0.749. The molecule has 0 atom stereocenters. The lowest BCUT2D eigenvalue weighted by Crippen LogP contribution is -2.17. The molecule has 2 aromatic heterocycles. The molecule has 0 spiro atoms. The van der Waals surface area contributed by atoms with E-state index in [1.807, 2.05) is 32.0 Å². The van der Waals surface area contributed by atoms with Crippen molar-refractivity contribution < 1.29 is 9.21 Å². The van der Waals surface area contributed by atoms with Crippen LogP contribution >= 0.6 is 0 Å². The zero-order valence-electron chi connectivity index (χ0n) is 13.6. The van der Waals surface area contributed by atoms with Crippen LogP contribution in [0.1, 0.15) is 33.1 Å². The van der Waals surface area contributed by atoms with E-state index in [4.69, 9.17) is 10.2 Å². The van der Waals surface area contributed by atoms with Crippen molar-refractivity contribution in [3.8, 4) is 0 Å². The summed E-state index contributed by atoms with van der Waals surface area (Å²) in [6.45, 7) is 4.65. The van der Waals surface area contributed by atoms with Gasteiger partial charge in [0, 0.05) is 5.56 Å². The van der Waals surface area contributed by atoms with Crippen molar-refractivity contribution in [3.63, 3.8) is 0 Å². The van der Waals surface area contributed by atoms with Gasteiger partial charge < -0.3 is 15.5 Å². The molecule has 7 nitrogen and oxygen atoms in total. The molecule has 3 N–H and O–H groups in total. The topological polar surface area (TPSA) is 99.0 Å². The Morgan fingerprint density at radius 3 is 2.92 bits per heavy atom. The fourth-order valence-corrected chi connectivity index (χ4v) is 2.43. The summed E-state index contributed by atoms with van der Waals surface area (Å²) in [5, 5.41) is 7.19. The number of carbonyl (C=O) groups excluding carboxylic acids is 1. The van der Waals surface area contributed by atoms with Gasteiger partial charge in [0.05, 0.1) is 19.3 Å². The van der Waals surface area contributed by atoms with Crippen LogP contribution in [-0.4, -0.2) is 20.7 Å². The van der Waals surface area contributed by atoms with Crippen LogP contribution in [0.4, 0.5) is 5.82 Å². The number of amides is 1. The molecule has 0 aliphatic heterocycles. The lowest BCUT2D eigenvalue weighted by molar-refractivity contribution is 0.102. The largest absolute Gasteiger partial charge is 0.447 e. The Bertz CT molecular complexity index is 866. The Balaban J connectivity index is 1.81. The molecule has 7 heteroatoms. The lowest BCUT2D eigenvalue weighted by atomic mass is 10.1. The second-order valence-corrected chi connectivity index (χ2v) is 5.61. The highest BCUT2D eigenvalue weighted by Gasteiger charge is 2.16. The first-order valence-electron chi connectivity index (χ1n) is 7.60. The van der Waals surface area contributed by atoms with E-state index in [0.717, 1.165) is 11.1 Å². The molecule has 2 heterocycles. The number of hydrogen-bond acceptors (Lipinski definition) is 5. The van der Waals surface area contributed by atoms with Crippen molar-refractivity contribution in [2.24, 2.45) is 5.73 Å². The first kappa shape index (κ1) is 15.9. The van der Waals surface area contributed by atoms with Gasteiger partial charge in [-0.3, -0.25) is 4.79 Å². The van der Waals surface area contributed by atoms with Gasteiger partial charge >= 0.3 is 0 Å². The molecule has 0 radical (unpaired) electrons. The highest BCUT2D eigenvalue weighted by atomic mass is 16.3. The molecule has 24 heavy (non-hydrogen) atoms. The van der Waals surface area contributed by atoms with Crippen LogP contribution in [0.3, 0.4) is 0 Å². The Hall–Kier alpha value is -2.93. The van der Waals surface area contributed by atoms with Crippen LogP contribution in [0.25, 0.3) is 0 Å². The van der Waals surface area contributed by atoms with E-state index in [9.17, 15) is 4.79 Å². The summed E-state index contributed by atoms with van der Waals surface area (Å²) < 4.78 is 6.86. The maximum Gasteiger partial charge on any atom is 0.278 e. The highest BCUT2D eigenvalue weighted by Crippen LogP contribution is 2.17. The van der Waals surface area contributed by atoms with Gasteiger partial charge in [-0.15, -0.1) is 0 Å². The van der Waals surface area contributed by atoms with Crippen molar-refractivity contribution in [1.29, 1.82) is 0 Å². The minimum absolute atomic E-state index is 0.150. The first-order chi connectivity index (χ1) is 11.6. The summed E-state index contributed by atoms with van der Waals surface area (Å²) in [4.78, 5) is 16.4. The predicted octanol–water partition coefficient (Wildman–Crippen LogP) is 2.25. The number of hydrogen-bond donors (Lipinski definition) is 2. The van der Waals surface area contributed by atoms with Gasteiger partial charge in [0.2, 0.25) is 5.89 Å². The van der Waals surface area contributed by atoms with Crippen molar-refractivity contribution in [1.82, 2.24) is 14.8 Å². The number of rotatable bonds is 5. The third-order valence-corrected chi connectivity index (χ3v) is 3.63. The fraction of sp³-hybridized carbons (Fsp3) is 0.235. The fourth-order valence-electron chi connectivity index (χ4n) is 2.43. The number of aromatic nitrogens is 3. The molecular formula is C17H19N5O2. The van der Waals surface area contributed by atoms with E-state index in [-0.39, 0.29) is 18.1 Å². The summed E-state index contributed by atoms with van der Waals surface area (Å²) in [6.07, 6.45) is 3.02. The third-order valence-electron chi connectivity index (χ3n) is 3.63. The van der Waals surface area contributed by atoms with E-state index < -0.39 is 0 Å². The van der Waals surface area contributed by atoms with Crippen molar-refractivity contribution >= 4 is 11.7 Å². The molecule has 3 aromatic rings. The molecule has 124 valence electrons. The molecule has 0 saturated carbocycles. The minimum atomic E-state index is -0.354. The molecular weight excluding hydrogens is 306 g/mol. The van der Waals surface area contributed by atoms with E-state index >= 15 is 0 Å². The van der Waals surface area contributed by atoms with Gasteiger partial charge in [0.25, 0.3) is 5.91 Å². The zero-order valence-corrected chi connectivity index (χ0v) is 13.6. The van der Waals surface area contributed by atoms with E-state index in [1.54, 1.807) is 10.9 Å². The van der Waals surface area contributed by atoms with Crippen LogP contribution in [0, 0.1) is 13.8 Å². The molecule has 3 rings (SSSR count). The first-order valence-corrected chi connectivity index (χ1v) is 7.60. The molecule has 0 unspecified atom stereocenters. The summed E-state index contributed by atoms with van der Waals surface area (Å²) in [7, 11) is 0. The van der Waals surface area contributed by atoms with Gasteiger partial charge in [0.1, 0.15) is 12.1 Å². The molecule has 0 aliphatic carbocycles. The number of oxazole rings is 1. The van der Waals surface area contributed by atoms with Gasteiger partial charge in [-0.1, -0.05) is 29.8 Å². The predicted molar refractivity (Wildman–Crippen MR) is 89.6 cm³/mol. The summed E-state index contributed by atoms with van der Waals surface area (Å²) in [5.74, 6) is 0.608. The van der Waals surface area contributed by atoms with Crippen molar-refractivity contribution in [3.05, 3.63) is 65.0 Å². The molecule has 0 fully saturated rings. The van der Waals surface area contributed by atoms with Crippen LogP contribution in [0.2, 0.25) is 0 Å². The molecule has 0 bridgehead atoms. The molecule has 1 aromatic carbocycles. The average molecular weight is 325 g/mol. The second kappa shape index (κ2) is 6.67. The van der Waals surface area contributed by atoms with Crippen LogP contribution in [0.5, 0.6) is 0 Å². The Morgan fingerprint density at radius 1 is 1.38 bits per heavy atom. The second-order valence-electron chi connectivity index (χ2n) is 5.61. The van der Waals surface area contributed by atoms with Gasteiger partial charge in [-0.05, 0) is 19.4 Å². The monoisotopic (exact) mass is 325 g/mol. The van der Waals surface area contributed by atoms with Gasteiger partial charge in [-0.25, -0.2) is 9.67 Å².